The number of nitrogens with zero attached hydrogens (tertiary/aromatic N) is 3. The average molecular weight is 315 g/mol. The maximum absolute atomic E-state index is 10.3. The van der Waals surface area contributed by atoms with Gasteiger partial charge in [0.25, 0.3) is 5.69 Å². The Morgan fingerprint density at radius 3 is 2.52 bits per heavy atom. The molecule has 3 N–H and O–H groups in total. The Bertz CT molecular complexity index is 770. The van der Waals surface area contributed by atoms with E-state index >= 15 is 0 Å². The second kappa shape index (κ2) is 7.50. The van der Waals surface area contributed by atoms with E-state index in [0.717, 1.165) is 11.0 Å². The fourth-order valence-corrected chi connectivity index (χ4v) is 1.70. The second-order valence-electron chi connectivity index (χ2n) is 4.41. The van der Waals surface area contributed by atoms with Crippen molar-refractivity contribution in [3.05, 3.63) is 64.2 Å². The molecule has 118 valence electrons. The summed E-state index contributed by atoms with van der Waals surface area (Å²) in [4.78, 5) is 19.9. The molecule has 0 aliphatic carbocycles. The van der Waals surface area contributed by atoms with Crippen LogP contribution in [0, 0.1) is 10.1 Å². The molecule has 0 radical (unpaired) electrons. The number of nitrogens with one attached hydrogen (secondary N) is 2. The Morgan fingerprint density at radius 2 is 1.91 bits per heavy atom. The number of H-pyrrole nitrogens is 1. The van der Waals surface area contributed by atoms with Crippen molar-refractivity contribution in [3.8, 4) is 0 Å². The van der Waals surface area contributed by atoms with E-state index in [-0.39, 0.29) is 12.2 Å². The molecule has 0 saturated carbocycles. The summed E-state index contributed by atoms with van der Waals surface area (Å²) in [5, 5.41) is 30.9. The molecule has 1 aromatic heterocycles. The van der Waals surface area contributed by atoms with Gasteiger partial charge in [-0.2, -0.15) is 0 Å². The van der Waals surface area contributed by atoms with Crippen molar-refractivity contribution in [1.29, 1.82) is 0 Å². The van der Waals surface area contributed by atoms with E-state index in [1.54, 1.807) is 0 Å². The number of nitro benzene ring substituents is 1. The monoisotopic (exact) mass is 315 g/mol. The molecule has 0 spiro atoms. The minimum atomic E-state index is -1.12. The van der Waals surface area contributed by atoms with E-state index < -0.39 is 11.0 Å². The van der Waals surface area contributed by atoms with E-state index in [1.807, 2.05) is 24.3 Å². The number of non-ortho nitro benzene ring substituents is 1. The molecule has 9 nitrogen and oxygen atoms in total. The van der Waals surface area contributed by atoms with Crippen LogP contribution in [0.15, 0.2) is 48.5 Å². The third-order valence-corrected chi connectivity index (χ3v) is 2.82. The number of aromatic amines is 1. The lowest BCUT2D eigenvalue weighted by molar-refractivity contribution is -0.384. The Labute approximate surface area is 130 Å². The molecule has 1 amide bonds. The Morgan fingerprint density at radius 1 is 1.22 bits per heavy atom. The molecule has 0 unspecified atom stereocenters. The first kappa shape index (κ1) is 15.9. The molecular formula is C14H13N5O4. The minimum absolute atomic E-state index is 0.0101. The Hall–Kier alpha value is -3.49. The number of rotatable bonds is 3. The first-order valence-corrected chi connectivity index (χ1v) is 6.52. The molecule has 2 aromatic carbocycles. The predicted molar refractivity (Wildman–Crippen MR) is 81.8 cm³/mol. The highest BCUT2D eigenvalue weighted by Gasteiger charge is 2.03. The summed E-state index contributed by atoms with van der Waals surface area (Å²) in [7, 11) is 0. The number of carbonyl (C=O) groups is 1. The van der Waals surface area contributed by atoms with Gasteiger partial charge in [0.1, 0.15) is 5.52 Å². The second-order valence-corrected chi connectivity index (χ2v) is 4.41. The highest BCUT2D eigenvalue weighted by Crippen LogP contribution is 2.11. The molecule has 0 aliphatic heterocycles. The highest BCUT2D eigenvalue weighted by molar-refractivity contribution is 5.72. The van der Waals surface area contributed by atoms with Crippen LogP contribution < -0.4 is 5.32 Å². The summed E-state index contributed by atoms with van der Waals surface area (Å²) in [6, 6.07) is 13.4. The van der Waals surface area contributed by atoms with Crippen LogP contribution in [-0.4, -0.2) is 31.5 Å². The van der Waals surface area contributed by atoms with Gasteiger partial charge in [0, 0.05) is 18.7 Å². The summed E-state index contributed by atoms with van der Waals surface area (Å²) in [6.07, 6.45) is -1.12. The summed E-state index contributed by atoms with van der Waals surface area (Å²) in [5.74, 6) is 0. The van der Waals surface area contributed by atoms with Crippen LogP contribution in [0.3, 0.4) is 0 Å². The van der Waals surface area contributed by atoms with Gasteiger partial charge < -0.3 is 10.4 Å². The summed E-state index contributed by atoms with van der Waals surface area (Å²) in [5.41, 5.74) is 2.57. The van der Waals surface area contributed by atoms with Crippen molar-refractivity contribution >= 4 is 22.8 Å². The third-order valence-electron chi connectivity index (χ3n) is 2.82. The molecule has 3 rings (SSSR count). The maximum Gasteiger partial charge on any atom is 0.404 e. The molecule has 3 aromatic rings. The first-order valence-electron chi connectivity index (χ1n) is 6.52. The lowest BCUT2D eigenvalue weighted by atomic mass is 10.2. The number of fused-ring (bicyclic) bond motifs is 1. The van der Waals surface area contributed by atoms with Gasteiger partial charge in [-0.1, -0.05) is 29.5 Å². The van der Waals surface area contributed by atoms with E-state index in [9.17, 15) is 14.9 Å². The van der Waals surface area contributed by atoms with E-state index in [0.29, 0.717) is 5.56 Å². The summed E-state index contributed by atoms with van der Waals surface area (Å²) >= 11 is 0. The van der Waals surface area contributed by atoms with Crippen LogP contribution in [0.5, 0.6) is 0 Å². The number of hydrogen-bond donors (Lipinski definition) is 3. The number of benzene rings is 2. The number of amides is 1. The van der Waals surface area contributed by atoms with Gasteiger partial charge in [0.15, 0.2) is 0 Å². The zero-order valence-electron chi connectivity index (χ0n) is 11.8. The van der Waals surface area contributed by atoms with Crippen LogP contribution in [0.4, 0.5) is 10.5 Å². The van der Waals surface area contributed by atoms with Gasteiger partial charge in [-0.05, 0) is 17.7 Å². The first-order chi connectivity index (χ1) is 11.1. The van der Waals surface area contributed by atoms with Crippen LogP contribution in [0.1, 0.15) is 5.56 Å². The van der Waals surface area contributed by atoms with Gasteiger partial charge in [-0.25, -0.2) is 4.79 Å². The largest absolute Gasteiger partial charge is 0.465 e. The summed E-state index contributed by atoms with van der Waals surface area (Å²) in [6.45, 7) is 0.146. The lowest BCUT2D eigenvalue weighted by Crippen LogP contribution is -2.19. The normalized spacial score (nSPS) is 9.74. The third kappa shape index (κ3) is 4.77. The molecule has 0 aliphatic rings. The van der Waals surface area contributed by atoms with Crippen molar-refractivity contribution in [2.75, 3.05) is 0 Å². The molecule has 0 saturated heterocycles. The van der Waals surface area contributed by atoms with Crippen molar-refractivity contribution in [2.45, 2.75) is 6.54 Å². The van der Waals surface area contributed by atoms with Gasteiger partial charge in [-0.3, -0.25) is 15.2 Å². The fourth-order valence-electron chi connectivity index (χ4n) is 1.70. The SMILES string of the molecule is O=C(O)NCc1ccc([N+](=O)[O-])cc1.c1ccc2[nH]nnc2c1. The van der Waals surface area contributed by atoms with Gasteiger partial charge in [0.05, 0.1) is 10.4 Å². The molecule has 0 bridgehead atoms. The molecule has 0 atom stereocenters. The van der Waals surface area contributed by atoms with Crippen LogP contribution >= 0.6 is 0 Å². The Kier molecular flexibility index (Phi) is 5.18. The van der Waals surface area contributed by atoms with Crippen LogP contribution in [0.25, 0.3) is 11.0 Å². The van der Waals surface area contributed by atoms with Gasteiger partial charge in [-0.15, -0.1) is 5.10 Å². The molecule has 0 fully saturated rings. The number of nitro groups is 1. The van der Waals surface area contributed by atoms with Crippen LogP contribution in [-0.2, 0) is 6.54 Å². The number of carboxylic acid groups (broad SMARTS) is 1. The average Bonchev–Trinajstić information content (AvgIpc) is 3.02. The maximum atomic E-state index is 10.3. The van der Waals surface area contributed by atoms with E-state index in [2.05, 4.69) is 20.7 Å². The zero-order chi connectivity index (χ0) is 16.7. The van der Waals surface area contributed by atoms with E-state index in [1.165, 1.54) is 24.3 Å². The minimum Gasteiger partial charge on any atom is -0.465 e. The number of para-hydroxylation sites is 1. The number of hydrogen-bond acceptors (Lipinski definition) is 5. The van der Waals surface area contributed by atoms with Gasteiger partial charge in [0.2, 0.25) is 0 Å². The van der Waals surface area contributed by atoms with Crippen molar-refractivity contribution < 1.29 is 14.8 Å². The van der Waals surface area contributed by atoms with Crippen molar-refractivity contribution in [2.24, 2.45) is 0 Å². The highest BCUT2D eigenvalue weighted by atomic mass is 16.6. The molecule has 1 heterocycles. The van der Waals surface area contributed by atoms with Crippen LogP contribution in [0.2, 0.25) is 0 Å². The number of aromatic nitrogens is 3. The predicted octanol–water partition coefficient (Wildman–Crippen LogP) is 2.32. The lowest BCUT2D eigenvalue weighted by Gasteiger charge is -1.99. The quantitative estimate of drug-likeness (QED) is 0.501. The summed E-state index contributed by atoms with van der Waals surface area (Å²) < 4.78 is 0. The standard InChI is InChI=1S/C8H8N2O4.C6H5N3/c11-8(12)9-5-6-1-3-7(4-2-6)10(13)14;1-2-4-6-5(3-1)7-9-8-6/h1-4,9H,5H2,(H,11,12);1-4H,(H,7,8,9). The van der Waals surface area contributed by atoms with E-state index in [4.69, 9.17) is 5.11 Å². The molecular weight excluding hydrogens is 302 g/mol. The topological polar surface area (TPSA) is 134 Å². The fraction of sp³-hybridized carbons (Fsp3) is 0.0714. The smallest absolute Gasteiger partial charge is 0.404 e. The zero-order valence-corrected chi connectivity index (χ0v) is 11.8. The van der Waals surface area contributed by atoms with Gasteiger partial charge >= 0.3 is 6.09 Å². The molecule has 9 heteroatoms. The molecule has 23 heavy (non-hydrogen) atoms. The van der Waals surface area contributed by atoms with Crippen molar-refractivity contribution in [1.82, 2.24) is 20.7 Å². The Balaban J connectivity index is 0.000000182. The van der Waals surface area contributed by atoms with Crippen molar-refractivity contribution in [3.63, 3.8) is 0 Å².